The van der Waals surface area contributed by atoms with Crippen LogP contribution in [-0.4, -0.2) is 37.1 Å². The van der Waals surface area contributed by atoms with E-state index in [1.165, 1.54) is 7.11 Å². The van der Waals surface area contributed by atoms with E-state index in [1.807, 2.05) is 31.2 Å². The molecule has 30 heavy (non-hydrogen) atoms. The number of carbonyl (C=O) groups excluding carboxylic acids is 3. The monoisotopic (exact) mass is 414 g/mol. The van der Waals surface area contributed by atoms with Crippen molar-refractivity contribution in [2.24, 2.45) is 0 Å². The minimum Gasteiger partial charge on any atom is -0.466 e. The van der Waals surface area contributed by atoms with Crippen molar-refractivity contribution in [3.05, 3.63) is 57.9 Å². The highest BCUT2D eigenvalue weighted by Gasteiger charge is 2.37. The van der Waals surface area contributed by atoms with Crippen molar-refractivity contribution in [3.8, 4) is 0 Å². The molecule has 0 saturated carbocycles. The predicted molar refractivity (Wildman–Crippen MR) is 113 cm³/mol. The van der Waals surface area contributed by atoms with Gasteiger partial charge in [-0.25, -0.2) is 4.79 Å². The van der Waals surface area contributed by atoms with Crippen molar-refractivity contribution in [2.75, 3.05) is 13.7 Å². The van der Waals surface area contributed by atoms with Gasteiger partial charge in [-0.15, -0.1) is 0 Å². The molecule has 0 spiro atoms. The summed E-state index contributed by atoms with van der Waals surface area (Å²) < 4.78 is 10.2. The highest BCUT2D eigenvalue weighted by Crippen LogP contribution is 2.38. The molecule has 7 nitrogen and oxygen atoms in total. The van der Waals surface area contributed by atoms with Gasteiger partial charge in [0.05, 0.1) is 18.6 Å². The zero-order valence-corrected chi connectivity index (χ0v) is 18.6. The largest absolute Gasteiger partial charge is 0.466 e. The molecular formula is C23H30N2O5. The van der Waals surface area contributed by atoms with Gasteiger partial charge in [0.15, 0.2) is 0 Å². The zero-order chi connectivity index (χ0) is 22.6. The summed E-state index contributed by atoms with van der Waals surface area (Å²) in [5.41, 5.74) is 3.08. The standard InChI is InChI=1S/C23H30N2O5/c1-13-9-8-10-16(11-13)20-18(14(2)25-15(3)19(20)22(28)29-7)21(27)24-12-17(26)30-23(4,5)6/h8-11,20,25H,12H2,1-7H3,(H,24,27). The second kappa shape index (κ2) is 9.15. The van der Waals surface area contributed by atoms with E-state index in [9.17, 15) is 14.4 Å². The Bertz CT molecular complexity index is 922. The van der Waals surface area contributed by atoms with Gasteiger partial charge in [-0.2, -0.15) is 0 Å². The average molecular weight is 415 g/mol. The van der Waals surface area contributed by atoms with E-state index in [-0.39, 0.29) is 6.54 Å². The van der Waals surface area contributed by atoms with Crippen LogP contribution in [0.15, 0.2) is 46.8 Å². The van der Waals surface area contributed by atoms with Crippen LogP contribution in [0, 0.1) is 6.92 Å². The van der Waals surface area contributed by atoms with Crippen LogP contribution in [-0.2, 0) is 23.9 Å². The maximum Gasteiger partial charge on any atom is 0.336 e. The molecule has 0 radical (unpaired) electrons. The van der Waals surface area contributed by atoms with Crippen molar-refractivity contribution in [1.82, 2.24) is 10.6 Å². The first-order chi connectivity index (χ1) is 13.9. The van der Waals surface area contributed by atoms with Gasteiger partial charge in [-0.3, -0.25) is 9.59 Å². The van der Waals surface area contributed by atoms with Crippen molar-refractivity contribution in [2.45, 2.75) is 53.1 Å². The van der Waals surface area contributed by atoms with E-state index in [1.54, 1.807) is 34.6 Å². The molecule has 1 amide bonds. The molecule has 1 aromatic carbocycles. The number of hydrogen-bond acceptors (Lipinski definition) is 6. The van der Waals surface area contributed by atoms with Crippen LogP contribution in [0.4, 0.5) is 0 Å². The Morgan fingerprint density at radius 1 is 1.07 bits per heavy atom. The molecule has 1 aliphatic heterocycles. The fourth-order valence-electron chi connectivity index (χ4n) is 3.48. The highest BCUT2D eigenvalue weighted by molar-refractivity contribution is 6.02. The van der Waals surface area contributed by atoms with Gasteiger partial charge in [-0.05, 0) is 47.1 Å². The quantitative estimate of drug-likeness (QED) is 0.720. The number of carbonyl (C=O) groups is 3. The first kappa shape index (κ1) is 23.2. The number of aryl methyl sites for hydroxylation is 1. The number of amides is 1. The smallest absolute Gasteiger partial charge is 0.336 e. The molecule has 1 unspecified atom stereocenters. The Balaban J connectivity index is 2.42. The number of methoxy groups -OCH3 is 1. The first-order valence-electron chi connectivity index (χ1n) is 9.78. The van der Waals surface area contributed by atoms with Crippen molar-refractivity contribution in [3.63, 3.8) is 0 Å². The summed E-state index contributed by atoms with van der Waals surface area (Å²) in [4.78, 5) is 37.8. The number of esters is 2. The van der Waals surface area contributed by atoms with Gasteiger partial charge in [0.25, 0.3) is 0 Å². The van der Waals surface area contributed by atoms with Crippen LogP contribution in [0.1, 0.15) is 51.7 Å². The third-order valence-electron chi connectivity index (χ3n) is 4.60. The Morgan fingerprint density at radius 2 is 1.70 bits per heavy atom. The van der Waals surface area contributed by atoms with Gasteiger partial charge in [0.1, 0.15) is 12.1 Å². The molecule has 1 atom stereocenters. The van der Waals surface area contributed by atoms with Crippen LogP contribution in [0.25, 0.3) is 0 Å². The van der Waals surface area contributed by atoms with Crippen molar-refractivity contribution < 1.29 is 23.9 Å². The second-order valence-corrected chi connectivity index (χ2v) is 8.31. The van der Waals surface area contributed by atoms with E-state index in [0.29, 0.717) is 22.5 Å². The lowest BCUT2D eigenvalue weighted by Crippen LogP contribution is -2.39. The fraction of sp³-hybridized carbons (Fsp3) is 0.435. The summed E-state index contributed by atoms with van der Waals surface area (Å²) in [6.45, 7) is 10.5. The number of dihydropyridines is 1. The summed E-state index contributed by atoms with van der Waals surface area (Å²) >= 11 is 0. The molecule has 162 valence electrons. The second-order valence-electron chi connectivity index (χ2n) is 8.31. The van der Waals surface area contributed by atoms with E-state index in [2.05, 4.69) is 10.6 Å². The average Bonchev–Trinajstić information content (AvgIpc) is 2.63. The minimum absolute atomic E-state index is 0.274. The SMILES string of the molecule is COC(=O)C1=C(C)NC(C)=C(C(=O)NCC(=O)OC(C)(C)C)C1c1cccc(C)c1. The number of rotatable bonds is 5. The van der Waals surface area contributed by atoms with E-state index >= 15 is 0 Å². The normalized spacial score (nSPS) is 16.7. The van der Waals surface area contributed by atoms with Gasteiger partial charge >= 0.3 is 11.9 Å². The molecule has 0 aromatic heterocycles. The van der Waals surface area contributed by atoms with Crippen LogP contribution in [0.3, 0.4) is 0 Å². The number of allylic oxidation sites excluding steroid dienone is 2. The summed E-state index contributed by atoms with van der Waals surface area (Å²) in [6.07, 6.45) is 0. The Labute approximate surface area is 177 Å². The summed E-state index contributed by atoms with van der Waals surface area (Å²) in [5, 5.41) is 5.72. The fourth-order valence-corrected chi connectivity index (χ4v) is 3.48. The molecule has 0 bridgehead atoms. The number of benzene rings is 1. The Morgan fingerprint density at radius 3 is 2.27 bits per heavy atom. The molecule has 1 aliphatic rings. The highest BCUT2D eigenvalue weighted by atomic mass is 16.6. The number of nitrogens with one attached hydrogen (secondary N) is 2. The van der Waals surface area contributed by atoms with Crippen molar-refractivity contribution in [1.29, 1.82) is 0 Å². The minimum atomic E-state index is -0.647. The van der Waals surface area contributed by atoms with Crippen LogP contribution in [0.2, 0.25) is 0 Å². The van der Waals surface area contributed by atoms with Crippen molar-refractivity contribution >= 4 is 17.8 Å². The molecule has 0 saturated heterocycles. The van der Waals surface area contributed by atoms with Crippen LogP contribution < -0.4 is 10.6 Å². The van der Waals surface area contributed by atoms with Gasteiger partial charge in [0, 0.05) is 17.0 Å². The molecule has 1 aromatic rings. The van der Waals surface area contributed by atoms with E-state index in [4.69, 9.17) is 9.47 Å². The van der Waals surface area contributed by atoms with E-state index < -0.39 is 29.4 Å². The molecule has 0 fully saturated rings. The third kappa shape index (κ3) is 5.49. The summed E-state index contributed by atoms with van der Waals surface area (Å²) in [5.74, 6) is -2.13. The molecule has 0 aliphatic carbocycles. The lowest BCUT2D eigenvalue weighted by atomic mass is 9.79. The lowest BCUT2D eigenvalue weighted by molar-refractivity contribution is -0.154. The number of hydrogen-bond donors (Lipinski definition) is 2. The van der Waals surface area contributed by atoms with Crippen LogP contribution in [0.5, 0.6) is 0 Å². The maximum absolute atomic E-state index is 13.1. The summed E-state index contributed by atoms with van der Waals surface area (Å²) in [7, 11) is 1.31. The number of ether oxygens (including phenoxy) is 2. The third-order valence-corrected chi connectivity index (χ3v) is 4.60. The molecule has 2 rings (SSSR count). The maximum atomic E-state index is 13.1. The van der Waals surface area contributed by atoms with Gasteiger partial charge in [-0.1, -0.05) is 29.8 Å². The Kier molecular flexibility index (Phi) is 7.08. The topological polar surface area (TPSA) is 93.7 Å². The van der Waals surface area contributed by atoms with Gasteiger partial charge < -0.3 is 20.1 Å². The predicted octanol–water partition coefficient (Wildman–Crippen LogP) is 2.86. The first-order valence-corrected chi connectivity index (χ1v) is 9.78. The molecular weight excluding hydrogens is 384 g/mol. The molecule has 2 N–H and O–H groups in total. The zero-order valence-electron chi connectivity index (χ0n) is 18.6. The Hall–Kier alpha value is -3.09. The van der Waals surface area contributed by atoms with Gasteiger partial charge in [0.2, 0.25) is 5.91 Å². The van der Waals surface area contributed by atoms with Crippen LogP contribution >= 0.6 is 0 Å². The van der Waals surface area contributed by atoms with E-state index in [0.717, 1.165) is 11.1 Å². The molecule has 7 heteroatoms. The molecule has 1 heterocycles. The lowest BCUT2D eigenvalue weighted by Gasteiger charge is -2.31. The summed E-state index contributed by atoms with van der Waals surface area (Å²) in [6, 6.07) is 7.62.